The summed E-state index contributed by atoms with van der Waals surface area (Å²) in [6.07, 6.45) is 0.687. The van der Waals surface area contributed by atoms with E-state index in [0.29, 0.717) is 19.5 Å². The van der Waals surface area contributed by atoms with Crippen LogP contribution in [0.2, 0.25) is 0 Å². The molecule has 6 heteroatoms. The SMILES string of the molecule is CCNCc1ccc(S(=O)(=O)NCCC(C)(C)C)c(F)c1. The van der Waals surface area contributed by atoms with Gasteiger partial charge in [-0.15, -0.1) is 0 Å². The van der Waals surface area contributed by atoms with Crippen LogP contribution in [0, 0.1) is 11.2 Å². The first-order valence-electron chi connectivity index (χ1n) is 7.14. The molecule has 1 aromatic carbocycles. The molecule has 0 unspecified atom stereocenters. The first-order chi connectivity index (χ1) is 9.65. The van der Waals surface area contributed by atoms with Gasteiger partial charge in [-0.3, -0.25) is 0 Å². The van der Waals surface area contributed by atoms with Crippen molar-refractivity contribution in [2.24, 2.45) is 5.41 Å². The number of sulfonamides is 1. The summed E-state index contributed by atoms with van der Waals surface area (Å²) in [6, 6.07) is 4.21. The fraction of sp³-hybridized carbons (Fsp3) is 0.600. The molecular formula is C15H25FN2O2S. The van der Waals surface area contributed by atoms with E-state index in [-0.39, 0.29) is 10.3 Å². The van der Waals surface area contributed by atoms with E-state index in [2.05, 4.69) is 10.0 Å². The lowest BCUT2D eigenvalue weighted by atomic mass is 9.93. The summed E-state index contributed by atoms with van der Waals surface area (Å²) in [5.74, 6) is -0.714. The molecule has 0 aliphatic heterocycles. The minimum Gasteiger partial charge on any atom is -0.313 e. The predicted octanol–water partition coefficient (Wildman–Crippen LogP) is 2.65. The highest BCUT2D eigenvalue weighted by Crippen LogP contribution is 2.19. The molecule has 0 bridgehead atoms. The van der Waals surface area contributed by atoms with Crippen LogP contribution in [0.1, 0.15) is 39.7 Å². The van der Waals surface area contributed by atoms with Crippen molar-refractivity contribution in [1.82, 2.24) is 10.0 Å². The minimum absolute atomic E-state index is 0.0245. The maximum absolute atomic E-state index is 14.0. The van der Waals surface area contributed by atoms with Crippen molar-refractivity contribution in [3.8, 4) is 0 Å². The molecule has 0 aliphatic rings. The summed E-state index contributed by atoms with van der Waals surface area (Å²) in [4.78, 5) is -0.295. The van der Waals surface area contributed by atoms with Gasteiger partial charge in [-0.1, -0.05) is 33.8 Å². The molecule has 1 rings (SSSR count). The predicted molar refractivity (Wildman–Crippen MR) is 83.0 cm³/mol. The molecule has 0 heterocycles. The highest BCUT2D eigenvalue weighted by atomic mass is 32.2. The van der Waals surface area contributed by atoms with Crippen molar-refractivity contribution in [3.05, 3.63) is 29.6 Å². The Morgan fingerprint density at radius 3 is 2.43 bits per heavy atom. The van der Waals surface area contributed by atoms with Crippen LogP contribution in [-0.2, 0) is 16.6 Å². The Labute approximate surface area is 127 Å². The summed E-state index contributed by atoms with van der Waals surface area (Å²) >= 11 is 0. The van der Waals surface area contributed by atoms with Crippen LogP contribution < -0.4 is 10.0 Å². The zero-order valence-electron chi connectivity index (χ0n) is 13.2. The second-order valence-electron chi connectivity index (χ2n) is 6.25. The summed E-state index contributed by atoms with van der Waals surface area (Å²) in [5.41, 5.74) is 0.750. The number of hydrogen-bond acceptors (Lipinski definition) is 3. The van der Waals surface area contributed by atoms with Crippen LogP contribution >= 0.6 is 0 Å². The number of nitrogens with one attached hydrogen (secondary N) is 2. The molecule has 4 nitrogen and oxygen atoms in total. The smallest absolute Gasteiger partial charge is 0.243 e. The molecule has 0 aliphatic carbocycles. The van der Waals surface area contributed by atoms with Gasteiger partial charge in [0, 0.05) is 13.1 Å². The van der Waals surface area contributed by atoms with E-state index < -0.39 is 15.8 Å². The van der Waals surface area contributed by atoms with Gasteiger partial charge in [0.15, 0.2) is 0 Å². The summed E-state index contributed by atoms with van der Waals surface area (Å²) < 4.78 is 40.6. The van der Waals surface area contributed by atoms with E-state index in [1.54, 1.807) is 6.07 Å². The van der Waals surface area contributed by atoms with E-state index in [9.17, 15) is 12.8 Å². The second kappa shape index (κ2) is 7.33. The van der Waals surface area contributed by atoms with Crippen LogP contribution in [-0.4, -0.2) is 21.5 Å². The van der Waals surface area contributed by atoms with Crippen LogP contribution in [0.5, 0.6) is 0 Å². The van der Waals surface area contributed by atoms with Crippen LogP contribution in [0.3, 0.4) is 0 Å². The molecule has 120 valence electrons. The molecule has 21 heavy (non-hydrogen) atoms. The van der Waals surface area contributed by atoms with Crippen LogP contribution in [0.4, 0.5) is 4.39 Å². The molecule has 0 radical (unpaired) electrons. The average molecular weight is 316 g/mol. The largest absolute Gasteiger partial charge is 0.313 e. The molecule has 0 fully saturated rings. The van der Waals surface area contributed by atoms with Crippen molar-refractivity contribution < 1.29 is 12.8 Å². The van der Waals surface area contributed by atoms with Crippen molar-refractivity contribution in [1.29, 1.82) is 0 Å². The van der Waals surface area contributed by atoms with E-state index in [1.165, 1.54) is 12.1 Å². The zero-order chi connectivity index (χ0) is 16.1. The molecule has 0 saturated carbocycles. The van der Waals surface area contributed by atoms with Gasteiger partial charge in [0.2, 0.25) is 10.0 Å². The second-order valence-corrected chi connectivity index (χ2v) is 7.99. The van der Waals surface area contributed by atoms with Crippen molar-refractivity contribution >= 4 is 10.0 Å². The molecule has 0 saturated heterocycles. The average Bonchev–Trinajstić information content (AvgIpc) is 2.34. The van der Waals surface area contributed by atoms with Gasteiger partial charge in [-0.25, -0.2) is 17.5 Å². The lowest BCUT2D eigenvalue weighted by Crippen LogP contribution is -2.28. The lowest BCUT2D eigenvalue weighted by Gasteiger charge is -2.18. The van der Waals surface area contributed by atoms with E-state index >= 15 is 0 Å². The Morgan fingerprint density at radius 1 is 1.24 bits per heavy atom. The maximum Gasteiger partial charge on any atom is 0.243 e. The normalized spacial score (nSPS) is 12.6. The number of rotatable bonds is 7. The highest BCUT2D eigenvalue weighted by Gasteiger charge is 2.20. The van der Waals surface area contributed by atoms with E-state index in [4.69, 9.17) is 0 Å². The summed E-state index contributed by atoms with van der Waals surface area (Å²) in [6.45, 7) is 9.62. The third-order valence-electron chi connectivity index (χ3n) is 3.03. The lowest BCUT2D eigenvalue weighted by molar-refractivity contribution is 0.378. The minimum atomic E-state index is -3.80. The quantitative estimate of drug-likeness (QED) is 0.813. The Kier molecular flexibility index (Phi) is 6.31. The molecule has 0 spiro atoms. The van der Waals surface area contributed by atoms with Gasteiger partial charge < -0.3 is 5.32 Å². The van der Waals surface area contributed by atoms with Gasteiger partial charge in [0.1, 0.15) is 10.7 Å². The molecule has 0 atom stereocenters. The number of hydrogen-bond donors (Lipinski definition) is 2. The van der Waals surface area contributed by atoms with Gasteiger partial charge in [-0.2, -0.15) is 0 Å². The Hall–Kier alpha value is -0.980. The van der Waals surface area contributed by atoms with E-state index in [0.717, 1.165) is 12.1 Å². The zero-order valence-corrected chi connectivity index (χ0v) is 14.0. The van der Waals surface area contributed by atoms with Gasteiger partial charge >= 0.3 is 0 Å². The molecular weight excluding hydrogens is 291 g/mol. The third kappa shape index (κ3) is 6.11. The monoisotopic (exact) mass is 316 g/mol. The van der Waals surface area contributed by atoms with Crippen LogP contribution in [0.15, 0.2) is 23.1 Å². The summed E-state index contributed by atoms with van der Waals surface area (Å²) in [7, 11) is -3.80. The van der Waals surface area contributed by atoms with Crippen molar-refractivity contribution in [3.63, 3.8) is 0 Å². The topological polar surface area (TPSA) is 58.2 Å². The number of halogens is 1. The highest BCUT2D eigenvalue weighted by molar-refractivity contribution is 7.89. The molecule has 0 aromatic heterocycles. The Balaban J connectivity index is 2.79. The first-order valence-corrected chi connectivity index (χ1v) is 8.63. The Bertz CT molecular complexity index is 566. The van der Waals surface area contributed by atoms with Gasteiger partial charge in [0.05, 0.1) is 0 Å². The fourth-order valence-electron chi connectivity index (χ4n) is 1.78. The number of benzene rings is 1. The summed E-state index contributed by atoms with van der Waals surface area (Å²) in [5, 5.41) is 3.07. The van der Waals surface area contributed by atoms with Crippen molar-refractivity contribution in [2.45, 2.75) is 45.6 Å². The van der Waals surface area contributed by atoms with Gasteiger partial charge in [0.25, 0.3) is 0 Å². The van der Waals surface area contributed by atoms with Crippen LogP contribution in [0.25, 0.3) is 0 Å². The Morgan fingerprint density at radius 2 is 1.90 bits per heavy atom. The maximum atomic E-state index is 14.0. The third-order valence-corrected chi connectivity index (χ3v) is 4.53. The molecule has 0 amide bonds. The van der Waals surface area contributed by atoms with Gasteiger partial charge in [-0.05, 0) is 36.1 Å². The van der Waals surface area contributed by atoms with E-state index in [1.807, 2.05) is 27.7 Å². The first kappa shape index (κ1) is 18.1. The fourth-order valence-corrected chi connectivity index (χ4v) is 2.87. The standard InChI is InChI=1S/C15H25FN2O2S/c1-5-17-11-12-6-7-14(13(16)10-12)21(19,20)18-9-8-15(2,3)4/h6-7,10,17-18H,5,8-9,11H2,1-4H3. The molecule has 1 aromatic rings. The molecule has 2 N–H and O–H groups in total. The van der Waals surface area contributed by atoms with Crippen molar-refractivity contribution in [2.75, 3.05) is 13.1 Å².